The summed E-state index contributed by atoms with van der Waals surface area (Å²) in [4.78, 5) is 20.1. The highest BCUT2D eigenvalue weighted by Crippen LogP contribution is 2.26. The molecule has 26 heavy (non-hydrogen) atoms. The number of aryl methyl sites for hydroxylation is 1. The molecule has 2 fully saturated rings. The van der Waals surface area contributed by atoms with Gasteiger partial charge in [-0.2, -0.15) is 0 Å². The van der Waals surface area contributed by atoms with E-state index in [4.69, 9.17) is 4.74 Å². The fourth-order valence-electron chi connectivity index (χ4n) is 4.48. The normalized spacial score (nSPS) is 25.1. The number of morpholine rings is 1. The Morgan fingerprint density at radius 3 is 2.77 bits per heavy atom. The largest absolute Gasteiger partial charge is 0.373 e. The summed E-state index contributed by atoms with van der Waals surface area (Å²) in [6, 6.07) is 6.28. The minimum absolute atomic E-state index is 0.135. The first-order valence-corrected chi connectivity index (χ1v) is 10.1. The van der Waals surface area contributed by atoms with Gasteiger partial charge < -0.3 is 14.5 Å². The average Bonchev–Trinajstić information content (AvgIpc) is 2.69. The first-order chi connectivity index (χ1) is 12.7. The molecule has 1 aliphatic carbocycles. The number of ether oxygens (including phenoxy) is 1. The molecular formula is C21H31N3O2. The van der Waals surface area contributed by atoms with Gasteiger partial charge in [-0.05, 0) is 49.9 Å². The van der Waals surface area contributed by atoms with Gasteiger partial charge in [0.15, 0.2) is 0 Å². The molecule has 1 amide bonds. The number of amides is 1. The van der Waals surface area contributed by atoms with Crippen molar-refractivity contribution in [1.82, 2.24) is 14.7 Å². The smallest absolute Gasteiger partial charge is 0.254 e. The van der Waals surface area contributed by atoms with Crippen LogP contribution in [0.2, 0.25) is 0 Å². The zero-order valence-electron chi connectivity index (χ0n) is 16.0. The number of hydrogen-bond donors (Lipinski definition) is 0. The van der Waals surface area contributed by atoms with Crippen LogP contribution in [0.3, 0.4) is 0 Å². The van der Waals surface area contributed by atoms with E-state index in [1.165, 1.54) is 24.0 Å². The van der Waals surface area contributed by atoms with Gasteiger partial charge in [-0.15, -0.1) is 0 Å². The van der Waals surface area contributed by atoms with Crippen molar-refractivity contribution < 1.29 is 9.53 Å². The Bertz CT molecular complexity index is 640. The van der Waals surface area contributed by atoms with Crippen LogP contribution in [0, 0.1) is 0 Å². The molecule has 5 heteroatoms. The van der Waals surface area contributed by atoms with Crippen molar-refractivity contribution in [1.29, 1.82) is 0 Å². The predicted octanol–water partition coefficient (Wildman–Crippen LogP) is 1.65. The molecule has 1 unspecified atom stereocenters. The topological polar surface area (TPSA) is 36.0 Å². The highest BCUT2D eigenvalue weighted by atomic mass is 16.5. The number of nitrogens with zero attached hydrogens (tertiary/aromatic N) is 3. The number of carbonyl (C=O) groups is 1. The fourth-order valence-corrected chi connectivity index (χ4v) is 4.48. The van der Waals surface area contributed by atoms with Crippen molar-refractivity contribution in [3.8, 4) is 0 Å². The average molecular weight is 357 g/mol. The molecule has 0 radical (unpaired) electrons. The van der Waals surface area contributed by atoms with E-state index in [1.54, 1.807) is 0 Å². The van der Waals surface area contributed by atoms with Gasteiger partial charge in [-0.1, -0.05) is 12.1 Å². The van der Waals surface area contributed by atoms with Gasteiger partial charge in [0.2, 0.25) is 0 Å². The Labute approximate surface area is 156 Å². The van der Waals surface area contributed by atoms with Crippen molar-refractivity contribution in [3.63, 3.8) is 0 Å². The Morgan fingerprint density at radius 1 is 1.12 bits per heavy atom. The van der Waals surface area contributed by atoms with Gasteiger partial charge in [0.05, 0.1) is 12.7 Å². The molecule has 0 aromatic heterocycles. The second-order valence-corrected chi connectivity index (χ2v) is 8.00. The Kier molecular flexibility index (Phi) is 5.57. The van der Waals surface area contributed by atoms with Crippen molar-refractivity contribution in [2.24, 2.45) is 0 Å². The second-order valence-electron chi connectivity index (χ2n) is 8.00. The monoisotopic (exact) mass is 357 g/mol. The third-order valence-corrected chi connectivity index (χ3v) is 6.11. The van der Waals surface area contributed by atoms with E-state index in [0.717, 1.165) is 57.7 Å². The molecule has 0 bridgehead atoms. The highest BCUT2D eigenvalue weighted by molar-refractivity contribution is 5.96. The van der Waals surface area contributed by atoms with E-state index >= 15 is 0 Å². The lowest BCUT2D eigenvalue weighted by Gasteiger charge is -2.38. The SMILES string of the molecule is CN1CCN(CC2CN(C(=O)c3cccc4c3CCCC4)CCO2)CC1. The van der Waals surface area contributed by atoms with E-state index in [0.29, 0.717) is 13.2 Å². The first-order valence-electron chi connectivity index (χ1n) is 10.1. The summed E-state index contributed by atoms with van der Waals surface area (Å²) in [5, 5.41) is 0. The number of likely N-dealkylation sites (N-methyl/N-ethyl adjacent to an activating group) is 1. The van der Waals surface area contributed by atoms with Gasteiger partial charge >= 0.3 is 0 Å². The molecule has 0 saturated carbocycles. The van der Waals surface area contributed by atoms with E-state index in [1.807, 2.05) is 11.0 Å². The number of carbonyl (C=O) groups excluding carboxylic acids is 1. The van der Waals surface area contributed by atoms with Gasteiger partial charge in [-0.25, -0.2) is 0 Å². The minimum Gasteiger partial charge on any atom is -0.373 e. The van der Waals surface area contributed by atoms with Gasteiger partial charge in [0, 0.05) is 51.4 Å². The van der Waals surface area contributed by atoms with E-state index in [-0.39, 0.29) is 12.0 Å². The Balaban J connectivity index is 1.41. The number of hydrogen-bond acceptors (Lipinski definition) is 4. The van der Waals surface area contributed by atoms with Crippen molar-refractivity contribution >= 4 is 5.91 Å². The van der Waals surface area contributed by atoms with Crippen molar-refractivity contribution in [3.05, 3.63) is 34.9 Å². The molecule has 1 aromatic rings. The van der Waals surface area contributed by atoms with E-state index in [9.17, 15) is 4.79 Å². The Morgan fingerprint density at radius 2 is 1.92 bits per heavy atom. The van der Waals surface area contributed by atoms with Crippen LogP contribution in [-0.4, -0.2) is 86.2 Å². The lowest BCUT2D eigenvalue weighted by atomic mass is 9.88. The lowest BCUT2D eigenvalue weighted by molar-refractivity contribution is -0.0400. The Hall–Kier alpha value is -1.43. The van der Waals surface area contributed by atoms with Gasteiger partial charge in [-0.3, -0.25) is 9.69 Å². The van der Waals surface area contributed by atoms with Gasteiger partial charge in [0.1, 0.15) is 0 Å². The summed E-state index contributed by atoms with van der Waals surface area (Å²) in [5.41, 5.74) is 3.61. The second kappa shape index (κ2) is 8.07. The maximum Gasteiger partial charge on any atom is 0.254 e. The molecule has 0 N–H and O–H groups in total. The zero-order valence-corrected chi connectivity index (χ0v) is 16.0. The molecular weight excluding hydrogens is 326 g/mol. The molecule has 1 aromatic carbocycles. The number of rotatable bonds is 3. The third-order valence-electron chi connectivity index (χ3n) is 6.11. The van der Waals surface area contributed by atoms with Crippen LogP contribution in [0.1, 0.15) is 34.3 Å². The summed E-state index contributed by atoms with van der Waals surface area (Å²) >= 11 is 0. The predicted molar refractivity (Wildman–Crippen MR) is 103 cm³/mol. The van der Waals surface area contributed by atoms with Crippen LogP contribution in [0.25, 0.3) is 0 Å². The molecule has 1 atom stereocenters. The van der Waals surface area contributed by atoms with Crippen LogP contribution >= 0.6 is 0 Å². The van der Waals surface area contributed by atoms with Crippen LogP contribution in [-0.2, 0) is 17.6 Å². The fraction of sp³-hybridized carbons (Fsp3) is 0.667. The molecule has 0 spiro atoms. The van der Waals surface area contributed by atoms with Crippen LogP contribution in [0.4, 0.5) is 0 Å². The quantitative estimate of drug-likeness (QED) is 0.824. The summed E-state index contributed by atoms with van der Waals surface area (Å²) in [7, 11) is 2.18. The molecule has 4 rings (SSSR count). The maximum absolute atomic E-state index is 13.2. The molecule has 2 aliphatic heterocycles. The van der Waals surface area contributed by atoms with Gasteiger partial charge in [0.25, 0.3) is 5.91 Å². The molecule has 2 heterocycles. The van der Waals surface area contributed by atoms with Crippen LogP contribution in [0.15, 0.2) is 18.2 Å². The molecule has 142 valence electrons. The lowest BCUT2D eigenvalue weighted by Crippen LogP contribution is -2.53. The number of piperazine rings is 1. The maximum atomic E-state index is 13.2. The standard InChI is InChI=1S/C21H31N3O2/c1-22-9-11-23(12-10-22)15-18-16-24(13-14-26-18)21(25)20-8-4-6-17-5-2-3-7-19(17)20/h4,6,8,18H,2-3,5,7,9-16H2,1H3. The molecule has 2 saturated heterocycles. The number of benzene rings is 1. The molecule has 3 aliphatic rings. The van der Waals surface area contributed by atoms with Crippen molar-refractivity contribution in [2.45, 2.75) is 31.8 Å². The number of fused-ring (bicyclic) bond motifs is 1. The van der Waals surface area contributed by atoms with Crippen molar-refractivity contribution in [2.75, 3.05) is 59.5 Å². The highest BCUT2D eigenvalue weighted by Gasteiger charge is 2.29. The summed E-state index contributed by atoms with van der Waals surface area (Å²) < 4.78 is 5.99. The third kappa shape index (κ3) is 3.95. The van der Waals surface area contributed by atoms with Crippen LogP contribution < -0.4 is 0 Å². The minimum atomic E-state index is 0.135. The zero-order chi connectivity index (χ0) is 17.9. The molecule has 5 nitrogen and oxygen atoms in total. The van der Waals surface area contributed by atoms with E-state index < -0.39 is 0 Å². The summed E-state index contributed by atoms with van der Waals surface area (Å²) in [6.07, 6.45) is 4.75. The van der Waals surface area contributed by atoms with Crippen LogP contribution in [0.5, 0.6) is 0 Å². The summed E-state index contributed by atoms with van der Waals surface area (Å²) in [6.45, 7) is 7.43. The summed E-state index contributed by atoms with van der Waals surface area (Å²) in [5.74, 6) is 0.204. The van der Waals surface area contributed by atoms with E-state index in [2.05, 4.69) is 29.0 Å². The first kappa shape index (κ1) is 18.0.